The number of hydrogen-bond donors (Lipinski definition) is 1. The van der Waals surface area contributed by atoms with Gasteiger partial charge in [0.15, 0.2) is 0 Å². The second-order valence-corrected chi connectivity index (χ2v) is 6.21. The van der Waals surface area contributed by atoms with E-state index < -0.39 is 0 Å². The van der Waals surface area contributed by atoms with Crippen molar-refractivity contribution in [2.75, 3.05) is 6.54 Å². The van der Waals surface area contributed by atoms with Crippen LogP contribution in [0.2, 0.25) is 0 Å². The summed E-state index contributed by atoms with van der Waals surface area (Å²) < 4.78 is 8.31. The van der Waals surface area contributed by atoms with Crippen molar-refractivity contribution in [2.24, 2.45) is 0 Å². The van der Waals surface area contributed by atoms with E-state index in [-0.39, 0.29) is 0 Å². The Morgan fingerprint density at radius 1 is 0.917 bits per heavy atom. The molecule has 0 spiro atoms. The molecule has 0 aliphatic carbocycles. The van der Waals surface area contributed by atoms with E-state index in [4.69, 9.17) is 4.74 Å². The fourth-order valence-electron chi connectivity index (χ4n) is 3.23. The zero-order chi connectivity index (χ0) is 16.2. The maximum atomic E-state index is 5.93. The van der Waals surface area contributed by atoms with E-state index in [0.717, 1.165) is 31.8 Å². The number of fused-ring (bicyclic) bond motifs is 2. The minimum atomic E-state index is 0.640. The summed E-state index contributed by atoms with van der Waals surface area (Å²) in [5.41, 5.74) is 5.18. The number of nitrogens with zero attached hydrogens (tertiary/aromatic N) is 1. The molecule has 0 saturated heterocycles. The molecule has 0 saturated carbocycles. The van der Waals surface area contributed by atoms with Crippen molar-refractivity contribution in [1.29, 1.82) is 0 Å². The van der Waals surface area contributed by atoms with Crippen molar-refractivity contribution in [3.63, 3.8) is 0 Å². The zero-order valence-electron chi connectivity index (χ0n) is 13.7. The van der Waals surface area contributed by atoms with E-state index in [9.17, 15) is 0 Å². The van der Waals surface area contributed by atoms with Crippen LogP contribution in [0.5, 0.6) is 5.75 Å². The standard InChI is InChI=1S/C21H22N2O/c1-2-6-17(7-3-1)12-13-22-14-19-10-11-20-16-24-21-9-5-4-8-18(21)15-23(19)20/h1-11,22H,12-16H2. The van der Waals surface area contributed by atoms with Crippen LogP contribution in [0.3, 0.4) is 0 Å². The van der Waals surface area contributed by atoms with Crippen LogP contribution >= 0.6 is 0 Å². The molecule has 0 fully saturated rings. The highest BCUT2D eigenvalue weighted by Gasteiger charge is 2.15. The van der Waals surface area contributed by atoms with Gasteiger partial charge in [0.2, 0.25) is 0 Å². The zero-order valence-corrected chi connectivity index (χ0v) is 13.7. The topological polar surface area (TPSA) is 26.2 Å². The van der Waals surface area contributed by atoms with Gasteiger partial charge in [-0.25, -0.2) is 0 Å². The number of benzene rings is 2. The van der Waals surface area contributed by atoms with Gasteiger partial charge in [-0.3, -0.25) is 0 Å². The van der Waals surface area contributed by atoms with E-state index in [2.05, 4.69) is 70.5 Å². The van der Waals surface area contributed by atoms with Crippen molar-refractivity contribution in [3.8, 4) is 5.75 Å². The molecule has 4 rings (SSSR count). The molecule has 0 bridgehead atoms. The van der Waals surface area contributed by atoms with E-state index in [0.29, 0.717) is 6.61 Å². The fourth-order valence-corrected chi connectivity index (χ4v) is 3.23. The predicted molar refractivity (Wildman–Crippen MR) is 96.2 cm³/mol. The number of hydrogen-bond acceptors (Lipinski definition) is 2. The maximum Gasteiger partial charge on any atom is 0.128 e. The number of rotatable bonds is 5. The lowest BCUT2D eigenvalue weighted by atomic mass is 10.1. The fraction of sp³-hybridized carbons (Fsp3) is 0.238. The molecule has 1 N–H and O–H groups in total. The average molecular weight is 318 g/mol. The molecule has 3 nitrogen and oxygen atoms in total. The van der Waals surface area contributed by atoms with Crippen molar-refractivity contribution in [1.82, 2.24) is 9.88 Å². The smallest absolute Gasteiger partial charge is 0.128 e. The van der Waals surface area contributed by atoms with Gasteiger partial charge in [0.05, 0.1) is 12.2 Å². The molecule has 122 valence electrons. The van der Waals surface area contributed by atoms with Crippen molar-refractivity contribution in [3.05, 3.63) is 89.2 Å². The lowest BCUT2D eigenvalue weighted by Crippen LogP contribution is -2.19. The summed E-state index contributed by atoms with van der Waals surface area (Å²) in [5.74, 6) is 1.00. The SMILES string of the molecule is c1ccc(CCNCc2ccc3n2Cc2ccccc2OC3)cc1. The molecule has 2 heterocycles. The van der Waals surface area contributed by atoms with Crippen LogP contribution in [0, 0.1) is 0 Å². The van der Waals surface area contributed by atoms with E-state index in [1.165, 1.54) is 22.5 Å². The Balaban J connectivity index is 1.40. The maximum absolute atomic E-state index is 5.93. The first-order valence-electron chi connectivity index (χ1n) is 8.53. The van der Waals surface area contributed by atoms with E-state index in [1.54, 1.807) is 0 Å². The first-order valence-corrected chi connectivity index (χ1v) is 8.53. The highest BCUT2D eigenvalue weighted by molar-refractivity contribution is 5.36. The average Bonchev–Trinajstić information content (AvgIpc) is 2.90. The monoisotopic (exact) mass is 318 g/mol. The Hall–Kier alpha value is -2.52. The molecule has 1 aromatic heterocycles. The first-order chi connectivity index (χ1) is 11.9. The summed E-state index contributed by atoms with van der Waals surface area (Å²) in [5, 5.41) is 3.57. The Morgan fingerprint density at radius 2 is 1.75 bits per heavy atom. The largest absolute Gasteiger partial charge is 0.487 e. The van der Waals surface area contributed by atoms with Crippen molar-refractivity contribution in [2.45, 2.75) is 26.1 Å². The van der Waals surface area contributed by atoms with E-state index >= 15 is 0 Å². The molecule has 2 aromatic carbocycles. The van der Waals surface area contributed by atoms with Gasteiger partial charge in [-0.05, 0) is 36.7 Å². The van der Waals surface area contributed by atoms with Crippen LogP contribution in [-0.4, -0.2) is 11.1 Å². The molecule has 0 amide bonds. The van der Waals surface area contributed by atoms with Crippen LogP contribution in [0.15, 0.2) is 66.7 Å². The Kier molecular flexibility index (Phi) is 4.34. The van der Waals surface area contributed by atoms with Gasteiger partial charge in [-0.2, -0.15) is 0 Å². The van der Waals surface area contributed by atoms with Gasteiger partial charge in [-0.15, -0.1) is 0 Å². The molecule has 1 aliphatic heterocycles. The lowest BCUT2D eigenvalue weighted by Gasteiger charge is -2.11. The van der Waals surface area contributed by atoms with Crippen LogP contribution in [0.25, 0.3) is 0 Å². The van der Waals surface area contributed by atoms with Crippen LogP contribution in [-0.2, 0) is 26.1 Å². The van der Waals surface area contributed by atoms with Crippen LogP contribution in [0.1, 0.15) is 22.5 Å². The molecule has 0 unspecified atom stereocenters. The highest BCUT2D eigenvalue weighted by atomic mass is 16.5. The van der Waals surface area contributed by atoms with E-state index in [1.807, 2.05) is 6.07 Å². The summed E-state index contributed by atoms with van der Waals surface area (Å²) in [7, 11) is 0. The summed E-state index contributed by atoms with van der Waals surface area (Å²) in [6.07, 6.45) is 1.06. The molecule has 3 aromatic rings. The number of nitrogens with one attached hydrogen (secondary N) is 1. The van der Waals surface area contributed by atoms with Gasteiger partial charge >= 0.3 is 0 Å². The van der Waals surface area contributed by atoms with Gasteiger partial charge in [0, 0.05) is 17.8 Å². The number of ether oxygens (including phenoxy) is 1. The second-order valence-electron chi connectivity index (χ2n) is 6.21. The molecule has 0 atom stereocenters. The van der Waals surface area contributed by atoms with Gasteiger partial charge in [0.1, 0.15) is 12.4 Å². The molecular weight excluding hydrogens is 296 g/mol. The van der Waals surface area contributed by atoms with Gasteiger partial charge in [0.25, 0.3) is 0 Å². The number of para-hydroxylation sites is 1. The Labute approximate surface area is 142 Å². The third-order valence-electron chi connectivity index (χ3n) is 4.58. The predicted octanol–water partition coefficient (Wildman–Crippen LogP) is 3.76. The number of aromatic nitrogens is 1. The highest BCUT2D eigenvalue weighted by Crippen LogP contribution is 2.26. The van der Waals surface area contributed by atoms with Gasteiger partial charge in [-0.1, -0.05) is 48.5 Å². The first kappa shape index (κ1) is 15.0. The molecule has 0 radical (unpaired) electrons. The molecule has 3 heteroatoms. The Bertz CT molecular complexity index is 808. The van der Waals surface area contributed by atoms with Crippen LogP contribution in [0.4, 0.5) is 0 Å². The van der Waals surface area contributed by atoms with Gasteiger partial charge < -0.3 is 14.6 Å². The summed E-state index contributed by atoms with van der Waals surface area (Å²) in [6, 6.07) is 23.3. The molecule has 24 heavy (non-hydrogen) atoms. The van der Waals surface area contributed by atoms with Crippen LogP contribution < -0.4 is 10.1 Å². The summed E-state index contributed by atoms with van der Waals surface area (Å²) in [6.45, 7) is 3.39. The molecule has 1 aliphatic rings. The Morgan fingerprint density at radius 3 is 2.67 bits per heavy atom. The quantitative estimate of drug-likeness (QED) is 0.725. The van der Waals surface area contributed by atoms with Crippen molar-refractivity contribution < 1.29 is 4.74 Å². The third kappa shape index (κ3) is 3.22. The minimum absolute atomic E-state index is 0.640. The lowest BCUT2D eigenvalue weighted by molar-refractivity contribution is 0.302. The minimum Gasteiger partial charge on any atom is -0.487 e. The van der Waals surface area contributed by atoms with Crippen molar-refractivity contribution >= 4 is 0 Å². The molecular formula is C21H22N2O. The third-order valence-corrected chi connectivity index (χ3v) is 4.58. The summed E-state index contributed by atoms with van der Waals surface area (Å²) in [4.78, 5) is 0. The normalized spacial score (nSPS) is 12.8. The summed E-state index contributed by atoms with van der Waals surface area (Å²) >= 11 is 0. The second kappa shape index (κ2) is 6.93.